The van der Waals surface area contributed by atoms with Gasteiger partial charge in [-0.3, -0.25) is 0 Å². The number of hydrogen-bond acceptors (Lipinski definition) is 3. The molecule has 0 aromatic rings. The maximum atomic E-state index is 11.4. The number of rotatable bonds is 2. The third kappa shape index (κ3) is 2.59. The Hall–Kier alpha value is -0.770. The molecule has 4 heteroatoms. The van der Waals surface area contributed by atoms with Gasteiger partial charge < -0.3 is 14.7 Å². The van der Waals surface area contributed by atoms with Crippen LogP contribution in [0.1, 0.15) is 33.6 Å². The minimum atomic E-state index is -0.544. The molecule has 1 aliphatic rings. The molecule has 13 heavy (non-hydrogen) atoms. The summed E-state index contributed by atoms with van der Waals surface area (Å²) in [4.78, 5) is 13.1. The molecular formula is C9H17NO3. The molecule has 0 aromatic carbocycles. The fourth-order valence-electron chi connectivity index (χ4n) is 1.43. The molecule has 1 saturated carbocycles. The molecule has 1 rings (SSSR count). The van der Waals surface area contributed by atoms with Gasteiger partial charge in [0.1, 0.15) is 0 Å². The summed E-state index contributed by atoms with van der Waals surface area (Å²) in [7, 11) is 0. The van der Waals surface area contributed by atoms with E-state index in [1.807, 2.05) is 20.8 Å². The molecule has 0 unspecified atom stereocenters. The summed E-state index contributed by atoms with van der Waals surface area (Å²) in [6, 6.07) is 0.305. The van der Waals surface area contributed by atoms with Crippen molar-refractivity contribution in [3.05, 3.63) is 0 Å². The number of aliphatic hydroxyl groups is 1. The predicted octanol–water partition coefficient (Wildman–Crippen LogP) is 1.34. The van der Waals surface area contributed by atoms with Gasteiger partial charge in [0.2, 0.25) is 0 Å². The molecule has 0 heterocycles. The van der Waals surface area contributed by atoms with Crippen LogP contribution in [-0.4, -0.2) is 34.5 Å². The largest absolute Gasteiger partial charge is 0.422 e. The van der Waals surface area contributed by atoms with Gasteiger partial charge in [-0.1, -0.05) is 0 Å². The fraction of sp³-hybridized carbons (Fsp3) is 0.889. The van der Waals surface area contributed by atoms with Crippen molar-refractivity contribution >= 4 is 6.09 Å². The van der Waals surface area contributed by atoms with Gasteiger partial charge in [-0.05, 0) is 33.6 Å². The van der Waals surface area contributed by atoms with Crippen molar-refractivity contribution in [1.82, 2.24) is 4.90 Å². The summed E-state index contributed by atoms with van der Waals surface area (Å²) < 4.78 is 4.57. The van der Waals surface area contributed by atoms with Crippen LogP contribution < -0.4 is 0 Å². The summed E-state index contributed by atoms with van der Waals surface area (Å²) in [6.07, 6.45) is 1.66. The Morgan fingerprint density at radius 1 is 1.54 bits per heavy atom. The molecule has 0 bridgehead atoms. The van der Waals surface area contributed by atoms with Gasteiger partial charge in [-0.15, -0.1) is 0 Å². The van der Waals surface area contributed by atoms with Crippen LogP contribution in [0.5, 0.6) is 0 Å². The zero-order valence-electron chi connectivity index (χ0n) is 8.41. The van der Waals surface area contributed by atoms with Crippen molar-refractivity contribution < 1.29 is 14.6 Å². The Bertz CT molecular complexity index is 194. The van der Waals surface area contributed by atoms with E-state index in [2.05, 4.69) is 4.74 Å². The molecule has 1 N–H and O–H groups in total. The summed E-state index contributed by atoms with van der Waals surface area (Å²) >= 11 is 0. The predicted molar refractivity (Wildman–Crippen MR) is 48.2 cm³/mol. The first kappa shape index (κ1) is 10.3. The Morgan fingerprint density at radius 3 is 2.38 bits per heavy atom. The van der Waals surface area contributed by atoms with Crippen molar-refractivity contribution in [2.45, 2.75) is 45.2 Å². The minimum absolute atomic E-state index is 0.229. The first-order chi connectivity index (χ1) is 5.96. The van der Waals surface area contributed by atoms with E-state index in [9.17, 15) is 4.79 Å². The van der Waals surface area contributed by atoms with Gasteiger partial charge >= 0.3 is 6.09 Å². The second-order valence-electron chi connectivity index (χ2n) is 4.31. The quantitative estimate of drug-likeness (QED) is 0.663. The van der Waals surface area contributed by atoms with Crippen molar-refractivity contribution in [3.8, 4) is 0 Å². The molecule has 1 amide bonds. The van der Waals surface area contributed by atoms with E-state index in [1.54, 1.807) is 4.90 Å². The number of carbonyl (C=O) groups is 1. The van der Waals surface area contributed by atoms with Crippen molar-refractivity contribution in [1.29, 1.82) is 0 Å². The number of aliphatic hydroxyl groups excluding tert-OH is 1. The zero-order chi connectivity index (χ0) is 10.1. The number of amides is 1. The number of ether oxygens (including phenoxy) is 1. The van der Waals surface area contributed by atoms with Crippen LogP contribution in [0.2, 0.25) is 0 Å². The Labute approximate surface area is 78.5 Å². The lowest BCUT2D eigenvalue weighted by molar-refractivity contribution is 0.00402. The van der Waals surface area contributed by atoms with Gasteiger partial charge in [0.25, 0.3) is 0 Å². The monoisotopic (exact) mass is 187 g/mol. The maximum absolute atomic E-state index is 11.4. The average Bonchev–Trinajstić information content (AvgIpc) is 2.68. The lowest BCUT2D eigenvalue weighted by atomic mass is 10.1. The average molecular weight is 187 g/mol. The van der Waals surface area contributed by atoms with Crippen molar-refractivity contribution in [2.24, 2.45) is 0 Å². The SMILES string of the molecule is CC(C)(C)N(C(=O)OCO)C1CC1. The van der Waals surface area contributed by atoms with Crippen LogP contribution >= 0.6 is 0 Å². The normalized spacial score (nSPS) is 16.9. The number of carbonyl (C=O) groups excluding carboxylic acids is 1. The van der Waals surface area contributed by atoms with Gasteiger partial charge in [0, 0.05) is 11.6 Å². The molecule has 0 atom stereocenters. The van der Waals surface area contributed by atoms with E-state index in [4.69, 9.17) is 5.11 Å². The first-order valence-electron chi connectivity index (χ1n) is 4.54. The Balaban J connectivity index is 2.62. The molecule has 1 aliphatic carbocycles. The van der Waals surface area contributed by atoms with E-state index >= 15 is 0 Å². The molecule has 0 aliphatic heterocycles. The highest BCUT2D eigenvalue weighted by atomic mass is 16.6. The summed E-state index contributed by atoms with van der Waals surface area (Å²) in [5.74, 6) is 0. The molecule has 0 saturated heterocycles. The van der Waals surface area contributed by atoms with Crippen LogP contribution in [0, 0.1) is 0 Å². The molecular weight excluding hydrogens is 170 g/mol. The first-order valence-corrected chi connectivity index (χ1v) is 4.54. The van der Waals surface area contributed by atoms with E-state index in [0.29, 0.717) is 6.04 Å². The van der Waals surface area contributed by atoms with E-state index in [0.717, 1.165) is 12.8 Å². The molecule has 0 radical (unpaired) electrons. The van der Waals surface area contributed by atoms with Crippen LogP contribution in [0.15, 0.2) is 0 Å². The Morgan fingerprint density at radius 2 is 2.08 bits per heavy atom. The highest BCUT2D eigenvalue weighted by Crippen LogP contribution is 2.33. The second-order valence-corrected chi connectivity index (χ2v) is 4.31. The zero-order valence-corrected chi connectivity index (χ0v) is 8.41. The molecule has 4 nitrogen and oxygen atoms in total. The van der Waals surface area contributed by atoms with Gasteiger partial charge in [0.05, 0.1) is 0 Å². The lowest BCUT2D eigenvalue weighted by Gasteiger charge is -2.34. The van der Waals surface area contributed by atoms with Crippen LogP contribution in [0.4, 0.5) is 4.79 Å². The number of nitrogens with zero attached hydrogens (tertiary/aromatic N) is 1. The standard InChI is InChI=1S/C9H17NO3/c1-9(2,3)10(7-4-5-7)8(12)13-6-11/h7,11H,4-6H2,1-3H3. The third-order valence-corrected chi connectivity index (χ3v) is 2.02. The second kappa shape index (κ2) is 3.54. The van der Waals surface area contributed by atoms with E-state index in [-0.39, 0.29) is 5.54 Å². The van der Waals surface area contributed by atoms with Gasteiger partial charge in [-0.2, -0.15) is 0 Å². The summed E-state index contributed by atoms with van der Waals surface area (Å²) in [5.41, 5.74) is -0.229. The van der Waals surface area contributed by atoms with Crippen LogP contribution in [0.3, 0.4) is 0 Å². The smallest absolute Gasteiger partial charge is 0.412 e. The van der Waals surface area contributed by atoms with E-state index in [1.165, 1.54) is 0 Å². The summed E-state index contributed by atoms with van der Waals surface area (Å²) in [5, 5.41) is 8.48. The summed E-state index contributed by atoms with van der Waals surface area (Å²) in [6.45, 7) is 5.34. The fourth-order valence-corrected chi connectivity index (χ4v) is 1.43. The third-order valence-electron chi connectivity index (χ3n) is 2.02. The number of hydrogen-bond donors (Lipinski definition) is 1. The molecule has 76 valence electrons. The van der Waals surface area contributed by atoms with Crippen molar-refractivity contribution in [3.63, 3.8) is 0 Å². The minimum Gasteiger partial charge on any atom is -0.422 e. The maximum Gasteiger partial charge on any atom is 0.412 e. The molecule has 0 spiro atoms. The lowest BCUT2D eigenvalue weighted by Crippen LogP contribution is -2.47. The van der Waals surface area contributed by atoms with Crippen molar-refractivity contribution in [2.75, 3.05) is 6.79 Å². The highest BCUT2D eigenvalue weighted by molar-refractivity contribution is 5.69. The van der Waals surface area contributed by atoms with Gasteiger partial charge in [0.15, 0.2) is 6.79 Å². The topological polar surface area (TPSA) is 49.8 Å². The van der Waals surface area contributed by atoms with E-state index < -0.39 is 12.9 Å². The Kier molecular flexibility index (Phi) is 2.81. The van der Waals surface area contributed by atoms with Crippen LogP contribution in [0.25, 0.3) is 0 Å². The highest BCUT2D eigenvalue weighted by Gasteiger charge is 2.40. The van der Waals surface area contributed by atoms with Crippen LogP contribution in [-0.2, 0) is 4.74 Å². The molecule has 1 fully saturated rings. The van der Waals surface area contributed by atoms with Gasteiger partial charge in [-0.25, -0.2) is 4.79 Å². The molecule has 0 aromatic heterocycles.